The monoisotopic (exact) mass is 317 g/mol. The van der Waals surface area contributed by atoms with E-state index in [1.54, 1.807) is 0 Å². The Kier molecular flexibility index (Phi) is 6.28. The van der Waals surface area contributed by atoms with Gasteiger partial charge in [0.1, 0.15) is 12.4 Å². The van der Waals surface area contributed by atoms with Gasteiger partial charge in [-0.1, -0.05) is 35.9 Å². The van der Waals surface area contributed by atoms with Crippen molar-refractivity contribution in [3.8, 4) is 5.75 Å². The second-order valence-electron chi connectivity index (χ2n) is 5.02. The van der Waals surface area contributed by atoms with E-state index in [9.17, 15) is 4.79 Å². The zero-order valence-electron chi connectivity index (χ0n) is 12.6. The fourth-order valence-corrected chi connectivity index (χ4v) is 2.30. The maximum atomic E-state index is 11.4. The van der Waals surface area contributed by atoms with Crippen LogP contribution >= 0.6 is 11.6 Å². The van der Waals surface area contributed by atoms with Gasteiger partial charge in [0, 0.05) is 18.0 Å². The molecule has 0 aliphatic heterocycles. The quantitative estimate of drug-likeness (QED) is 0.838. The smallest absolute Gasteiger partial charge is 0.220 e. The second kappa shape index (κ2) is 8.44. The number of rotatable bonds is 7. The van der Waals surface area contributed by atoms with Crippen LogP contribution in [0.15, 0.2) is 48.5 Å². The highest BCUT2D eigenvalue weighted by Crippen LogP contribution is 2.17. The topological polar surface area (TPSA) is 38.3 Å². The third-order valence-corrected chi connectivity index (χ3v) is 3.47. The molecule has 0 saturated carbocycles. The van der Waals surface area contributed by atoms with Crippen LogP contribution in [0.2, 0.25) is 5.02 Å². The van der Waals surface area contributed by atoms with Crippen molar-refractivity contribution in [2.75, 3.05) is 6.54 Å². The minimum Gasteiger partial charge on any atom is -0.489 e. The van der Waals surface area contributed by atoms with E-state index in [0.29, 0.717) is 24.6 Å². The molecule has 0 aliphatic rings. The van der Waals surface area contributed by atoms with Crippen LogP contribution in [0.5, 0.6) is 5.75 Å². The van der Waals surface area contributed by atoms with Crippen LogP contribution in [0, 0.1) is 0 Å². The number of hydrogen-bond acceptors (Lipinski definition) is 2. The summed E-state index contributed by atoms with van der Waals surface area (Å²) in [4.78, 5) is 11.4. The molecule has 0 atom stereocenters. The number of nitrogens with one attached hydrogen (secondary N) is 1. The maximum Gasteiger partial charge on any atom is 0.220 e. The number of carbonyl (C=O) groups excluding carboxylic acids is 1. The summed E-state index contributed by atoms with van der Waals surface area (Å²) in [6, 6.07) is 15.5. The van der Waals surface area contributed by atoms with Crippen LogP contribution in [0.3, 0.4) is 0 Å². The Morgan fingerprint density at radius 1 is 1.14 bits per heavy atom. The first-order valence-electron chi connectivity index (χ1n) is 7.40. The Morgan fingerprint density at radius 2 is 1.91 bits per heavy atom. The van der Waals surface area contributed by atoms with Crippen molar-refractivity contribution >= 4 is 17.5 Å². The summed E-state index contributed by atoms with van der Waals surface area (Å²) in [5.41, 5.74) is 2.16. The van der Waals surface area contributed by atoms with E-state index < -0.39 is 0 Å². The molecule has 116 valence electrons. The predicted molar refractivity (Wildman–Crippen MR) is 89.2 cm³/mol. The fraction of sp³-hybridized carbons (Fsp3) is 0.278. The third-order valence-electron chi connectivity index (χ3n) is 3.23. The van der Waals surface area contributed by atoms with Gasteiger partial charge in [0.25, 0.3) is 0 Å². The highest BCUT2D eigenvalue weighted by atomic mass is 35.5. The van der Waals surface area contributed by atoms with Crippen LogP contribution in [0.25, 0.3) is 0 Å². The lowest BCUT2D eigenvalue weighted by atomic mass is 10.1. The van der Waals surface area contributed by atoms with Crippen molar-refractivity contribution in [3.63, 3.8) is 0 Å². The molecule has 0 unspecified atom stereocenters. The molecule has 0 bridgehead atoms. The van der Waals surface area contributed by atoms with Crippen molar-refractivity contribution in [2.45, 2.75) is 26.4 Å². The molecule has 1 N–H and O–H groups in total. The highest BCUT2D eigenvalue weighted by molar-refractivity contribution is 6.30. The van der Waals surface area contributed by atoms with E-state index in [4.69, 9.17) is 16.3 Å². The molecular weight excluding hydrogens is 298 g/mol. The lowest BCUT2D eigenvalue weighted by molar-refractivity contribution is -0.120. The normalized spacial score (nSPS) is 10.3. The average Bonchev–Trinajstić information content (AvgIpc) is 2.52. The molecule has 0 radical (unpaired) electrons. The Morgan fingerprint density at radius 3 is 2.59 bits per heavy atom. The Hall–Kier alpha value is -2.00. The zero-order chi connectivity index (χ0) is 15.8. The maximum absolute atomic E-state index is 11.4. The van der Waals surface area contributed by atoms with Crippen LogP contribution in [0.4, 0.5) is 0 Å². The number of halogens is 1. The third kappa shape index (κ3) is 5.41. The summed E-state index contributed by atoms with van der Waals surface area (Å²) in [7, 11) is 0. The number of amides is 1. The minimum atomic E-state index is 0.0868. The van der Waals surface area contributed by atoms with Crippen LogP contribution in [0.1, 0.15) is 24.5 Å². The van der Waals surface area contributed by atoms with E-state index in [2.05, 4.69) is 5.32 Å². The molecule has 3 nitrogen and oxygen atoms in total. The summed E-state index contributed by atoms with van der Waals surface area (Å²) < 4.78 is 5.73. The summed E-state index contributed by atoms with van der Waals surface area (Å²) in [6.45, 7) is 3.08. The second-order valence-corrected chi connectivity index (χ2v) is 5.45. The van der Waals surface area contributed by atoms with Gasteiger partial charge >= 0.3 is 0 Å². The van der Waals surface area contributed by atoms with Gasteiger partial charge in [-0.05, 0) is 48.7 Å². The lowest BCUT2D eigenvalue weighted by Gasteiger charge is -2.08. The van der Waals surface area contributed by atoms with Crippen LogP contribution < -0.4 is 10.1 Å². The van der Waals surface area contributed by atoms with Crippen molar-refractivity contribution < 1.29 is 9.53 Å². The van der Waals surface area contributed by atoms with Crippen LogP contribution in [-0.2, 0) is 17.8 Å². The summed E-state index contributed by atoms with van der Waals surface area (Å²) in [5.74, 6) is 0.894. The molecule has 1 amide bonds. The summed E-state index contributed by atoms with van der Waals surface area (Å²) in [6.07, 6.45) is 1.25. The van der Waals surface area contributed by atoms with Crippen molar-refractivity contribution in [3.05, 3.63) is 64.7 Å². The molecule has 4 heteroatoms. The molecular formula is C18H20ClNO2. The van der Waals surface area contributed by atoms with E-state index in [1.807, 2.05) is 55.5 Å². The SMILES string of the molecule is CCNC(=O)CCc1ccc(OCc2cccc(Cl)c2)cc1. The van der Waals surface area contributed by atoms with Gasteiger partial charge in [-0.15, -0.1) is 0 Å². The first-order valence-corrected chi connectivity index (χ1v) is 7.78. The first-order chi connectivity index (χ1) is 10.7. The largest absolute Gasteiger partial charge is 0.489 e. The number of benzene rings is 2. The lowest BCUT2D eigenvalue weighted by Crippen LogP contribution is -2.22. The van der Waals surface area contributed by atoms with Gasteiger partial charge in [0.2, 0.25) is 5.91 Å². The summed E-state index contributed by atoms with van der Waals surface area (Å²) in [5, 5.41) is 3.51. The van der Waals surface area contributed by atoms with Gasteiger partial charge in [0.05, 0.1) is 0 Å². The molecule has 0 fully saturated rings. The average molecular weight is 318 g/mol. The van der Waals surface area contributed by atoms with Gasteiger partial charge in [0.15, 0.2) is 0 Å². The number of carbonyl (C=O) groups is 1. The van der Waals surface area contributed by atoms with Crippen molar-refractivity contribution in [1.82, 2.24) is 5.32 Å². The van der Waals surface area contributed by atoms with Gasteiger partial charge in [-0.2, -0.15) is 0 Å². The molecule has 0 aliphatic carbocycles. The van der Waals surface area contributed by atoms with Crippen molar-refractivity contribution in [2.24, 2.45) is 0 Å². The van der Waals surface area contributed by atoms with E-state index in [1.165, 1.54) is 0 Å². The number of aryl methyl sites for hydroxylation is 1. The van der Waals surface area contributed by atoms with Gasteiger partial charge in [-0.25, -0.2) is 0 Å². The molecule has 2 aromatic rings. The molecule has 0 spiro atoms. The molecule has 0 heterocycles. The molecule has 22 heavy (non-hydrogen) atoms. The Labute approximate surface area is 136 Å². The van der Waals surface area contributed by atoms with Crippen LogP contribution in [-0.4, -0.2) is 12.5 Å². The minimum absolute atomic E-state index is 0.0868. The standard InChI is InChI=1S/C18H20ClNO2/c1-2-20-18(21)11-8-14-6-9-17(10-7-14)22-13-15-4-3-5-16(19)12-15/h3-7,9-10,12H,2,8,11,13H2,1H3,(H,20,21). The van der Waals surface area contributed by atoms with E-state index >= 15 is 0 Å². The fourth-order valence-electron chi connectivity index (χ4n) is 2.09. The van der Waals surface area contributed by atoms with Crippen molar-refractivity contribution in [1.29, 1.82) is 0 Å². The molecule has 2 rings (SSSR count). The van der Waals surface area contributed by atoms with E-state index in [-0.39, 0.29) is 5.91 Å². The highest BCUT2D eigenvalue weighted by Gasteiger charge is 2.02. The first kappa shape index (κ1) is 16.4. The number of ether oxygens (including phenoxy) is 1. The van der Waals surface area contributed by atoms with Gasteiger partial charge < -0.3 is 10.1 Å². The number of hydrogen-bond donors (Lipinski definition) is 1. The Bertz CT molecular complexity index is 611. The van der Waals surface area contributed by atoms with E-state index in [0.717, 1.165) is 23.3 Å². The molecule has 2 aromatic carbocycles. The zero-order valence-corrected chi connectivity index (χ0v) is 13.4. The molecule has 0 saturated heterocycles. The van der Waals surface area contributed by atoms with Gasteiger partial charge in [-0.3, -0.25) is 4.79 Å². The predicted octanol–water partition coefficient (Wildman–Crippen LogP) is 3.99. The molecule has 0 aromatic heterocycles. The Balaban J connectivity index is 1.82. The summed E-state index contributed by atoms with van der Waals surface area (Å²) >= 11 is 5.94.